The van der Waals surface area contributed by atoms with Crippen LogP contribution in [0.3, 0.4) is 0 Å². The van der Waals surface area contributed by atoms with E-state index in [0.717, 1.165) is 6.07 Å². The normalized spacial score (nSPS) is 11.5. The molecule has 6 nitrogen and oxygen atoms in total. The van der Waals surface area contributed by atoms with Crippen LogP contribution in [0.25, 0.3) is 11.5 Å². The third-order valence-electron chi connectivity index (χ3n) is 3.68. The Morgan fingerprint density at radius 1 is 1.17 bits per heavy atom. The van der Waals surface area contributed by atoms with Crippen LogP contribution in [0.2, 0.25) is 10.0 Å². The molecular weight excluding hydrogens is 441 g/mol. The molecule has 12 heteroatoms. The number of alkyl halides is 3. The molecule has 3 aromatic rings. The van der Waals surface area contributed by atoms with Gasteiger partial charge < -0.3 is 14.9 Å². The summed E-state index contributed by atoms with van der Waals surface area (Å²) in [5.74, 6) is -3.12. The van der Waals surface area contributed by atoms with Crippen LogP contribution in [0.1, 0.15) is 21.7 Å². The summed E-state index contributed by atoms with van der Waals surface area (Å²) in [5.41, 5.74) is -1.18. The van der Waals surface area contributed by atoms with E-state index in [1.807, 2.05) is 0 Å². The summed E-state index contributed by atoms with van der Waals surface area (Å²) < 4.78 is 56.5. The van der Waals surface area contributed by atoms with Crippen molar-refractivity contribution in [3.8, 4) is 17.2 Å². The van der Waals surface area contributed by atoms with Gasteiger partial charge in [-0.1, -0.05) is 34.4 Å². The minimum Gasteiger partial charge on any atom is -0.505 e. The quantitative estimate of drug-likeness (QED) is 0.556. The molecule has 0 bridgehead atoms. The molecule has 0 fully saturated rings. The Kier molecular flexibility index (Phi) is 5.67. The lowest BCUT2D eigenvalue weighted by molar-refractivity contribution is -0.140. The van der Waals surface area contributed by atoms with E-state index in [-0.39, 0.29) is 39.4 Å². The van der Waals surface area contributed by atoms with E-state index < -0.39 is 29.3 Å². The second-order valence-electron chi connectivity index (χ2n) is 5.71. The smallest absolute Gasteiger partial charge is 0.419 e. The number of hydrogen-bond donors (Lipinski definition) is 2. The number of benzene rings is 2. The van der Waals surface area contributed by atoms with Crippen LogP contribution in [0.15, 0.2) is 34.9 Å². The van der Waals surface area contributed by atoms with Crippen LogP contribution < -0.4 is 5.32 Å². The maximum Gasteiger partial charge on any atom is 0.419 e. The highest BCUT2D eigenvalue weighted by atomic mass is 35.5. The average Bonchev–Trinajstić information content (AvgIpc) is 3.14. The number of nitrogens with one attached hydrogen (secondary N) is 1. The molecule has 0 unspecified atom stereocenters. The lowest BCUT2D eigenvalue weighted by Crippen LogP contribution is -2.24. The van der Waals surface area contributed by atoms with E-state index >= 15 is 0 Å². The number of aromatic hydroxyl groups is 1. The number of halogens is 6. The minimum atomic E-state index is -4.86. The fraction of sp³-hybridized carbons (Fsp3) is 0.118. The van der Waals surface area contributed by atoms with E-state index in [9.17, 15) is 27.5 Å². The van der Waals surface area contributed by atoms with Gasteiger partial charge in [0, 0.05) is 12.1 Å². The Morgan fingerprint density at radius 3 is 2.45 bits per heavy atom. The first-order valence-corrected chi connectivity index (χ1v) is 8.47. The van der Waals surface area contributed by atoms with Crippen molar-refractivity contribution in [2.75, 3.05) is 0 Å². The Bertz CT molecular complexity index is 1060. The molecule has 1 amide bonds. The van der Waals surface area contributed by atoms with Crippen LogP contribution in [0, 0.1) is 5.82 Å². The summed E-state index contributed by atoms with van der Waals surface area (Å²) in [6.45, 7) is -0.330. The first-order valence-electron chi connectivity index (χ1n) is 7.72. The lowest BCUT2D eigenvalue weighted by Gasteiger charge is -2.10. The van der Waals surface area contributed by atoms with Gasteiger partial charge in [0.1, 0.15) is 5.82 Å². The van der Waals surface area contributed by atoms with Gasteiger partial charge in [0.15, 0.2) is 5.75 Å². The van der Waals surface area contributed by atoms with E-state index in [4.69, 9.17) is 27.7 Å². The van der Waals surface area contributed by atoms with Crippen LogP contribution >= 0.6 is 23.2 Å². The summed E-state index contributed by atoms with van der Waals surface area (Å²) in [7, 11) is 0. The van der Waals surface area contributed by atoms with Gasteiger partial charge in [-0.25, -0.2) is 4.39 Å². The minimum absolute atomic E-state index is 0.0212. The van der Waals surface area contributed by atoms with E-state index in [1.54, 1.807) is 0 Å². The molecule has 3 rings (SSSR count). The molecule has 0 aliphatic heterocycles. The van der Waals surface area contributed by atoms with E-state index in [2.05, 4.69) is 15.5 Å². The molecule has 29 heavy (non-hydrogen) atoms. The van der Waals surface area contributed by atoms with Crippen LogP contribution in [0.5, 0.6) is 5.75 Å². The molecular formula is C17H9Cl2F4N3O3. The predicted molar refractivity (Wildman–Crippen MR) is 94.0 cm³/mol. The summed E-state index contributed by atoms with van der Waals surface area (Å²) >= 11 is 11.6. The molecule has 0 saturated carbocycles. The number of hydrogen-bond acceptors (Lipinski definition) is 5. The van der Waals surface area contributed by atoms with Crippen molar-refractivity contribution >= 4 is 29.1 Å². The zero-order valence-corrected chi connectivity index (χ0v) is 15.5. The largest absolute Gasteiger partial charge is 0.505 e. The number of rotatable bonds is 4. The summed E-state index contributed by atoms with van der Waals surface area (Å²) in [5, 5.41) is 15.2. The van der Waals surface area contributed by atoms with Crippen LogP contribution in [-0.4, -0.2) is 21.2 Å². The molecule has 0 saturated heterocycles. The highest BCUT2D eigenvalue weighted by Crippen LogP contribution is 2.36. The van der Waals surface area contributed by atoms with Gasteiger partial charge in [0.05, 0.1) is 15.6 Å². The second kappa shape index (κ2) is 7.88. The van der Waals surface area contributed by atoms with Gasteiger partial charge in [-0.05, 0) is 29.8 Å². The Balaban J connectivity index is 1.73. The lowest BCUT2D eigenvalue weighted by atomic mass is 10.1. The molecule has 0 atom stereocenters. The molecule has 152 valence electrons. The maximum atomic E-state index is 13.3. The van der Waals surface area contributed by atoms with E-state index in [1.165, 1.54) is 12.1 Å². The number of carbonyl (C=O) groups excluding carboxylic acids is 1. The van der Waals surface area contributed by atoms with Gasteiger partial charge in [-0.15, -0.1) is 0 Å². The van der Waals surface area contributed by atoms with Crippen LogP contribution in [-0.2, 0) is 12.7 Å². The maximum absolute atomic E-state index is 13.3. The SMILES string of the molecule is O=C(NCc1ccc(F)c(C(F)(F)F)c1)c1noc(-c2cc(Cl)c(O)c(Cl)c2)n1. The number of phenolic OH excluding ortho intramolecular Hbond substituents is 1. The third kappa shape index (κ3) is 4.60. The molecule has 1 aromatic heterocycles. The first kappa shape index (κ1) is 20.9. The fourth-order valence-electron chi connectivity index (χ4n) is 2.28. The summed E-state index contributed by atoms with van der Waals surface area (Å²) in [6, 6.07) is 4.93. The van der Waals surface area contributed by atoms with Gasteiger partial charge in [-0.2, -0.15) is 18.2 Å². The van der Waals surface area contributed by atoms with Crippen molar-refractivity contribution in [1.29, 1.82) is 0 Å². The number of carbonyl (C=O) groups is 1. The second-order valence-corrected chi connectivity index (χ2v) is 6.52. The van der Waals surface area contributed by atoms with Gasteiger partial charge >= 0.3 is 6.18 Å². The van der Waals surface area contributed by atoms with Gasteiger partial charge in [0.2, 0.25) is 0 Å². The highest BCUT2D eigenvalue weighted by molar-refractivity contribution is 6.37. The van der Waals surface area contributed by atoms with Crippen molar-refractivity contribution in [2.24, 2.45) is 0 Å². The van der Waals surface area contributed by atoms with E-state index in [0.29, 0.717) is 12.1 Å². The molecule has 1 heterocycles. The van der Waals surface area contributed by atoms with Gasteiger partial charge in [0.25, 0.3) is 17.6 Å². The van der Waals surface area contributed by atoms with Gasteiger partial charge in [-0.3, -0.25) is 4.79 Å². The third-order valence-corrected chi connectivity index (χ3v) is 4.26. The van der Waals surface area contributed by atoms with Crippen molar-refractivity contribution in [3.05, 3.63) is 63.1 Å². The Labute approximate surface area is 170 Å². The summed E-state index contributed by atoms with van der Waals surface area (Å²) in [6.07, 6.45) is -4.86. The topological polar surface area (TPSA) is 88.2 Å². The van der Waals surface area contributed by atoms with Crippen molar-refractivity contribution < 1.29 is 32.0 Å². The first-order chi connectivity index (χ1) is 13.6. The van der Waals surface area contributed by atoms with Crippen molar-refractivity contribution in [3.63, 3.8) is 0 Å². The standard InChI is InChI=1S/C17H9Cl2F4N3O3/c18-10-4-8(5-11(19)13(10)27)16-25-14(26-29-16)15(28)24-6-7-1-2-12(20)9(3-7)17(21,22)23/h1-5,27H,6H2,(H,24,28). The van der Waals surface area contributed by atoms with Crippen molar-refractivity contribution in [2.45, 2.75) is 12.7 Å². The molecule has 0 radical (unpaired) electrons. The number of aromatic nitrogens is 2. The zero-order chi connectivity index (χ0) is 21.3. The molecule has 2 aromatic carbocycles. The number of nitrogens with zero attached hydrogens (tertiary/aromatic N) is 2. The Morgan fingerprint density at radius 2 is 1.83 bits per heavy atom. The highest BCUT2D eigenvalue weighted by Gasteiger charge is 2.34. The molecule has 0 aliphatic carbocycles. The molecule has 0 spiro atoms. The molecule has 0 aliphatic rings. The number of amides is 1. The monoisotopic (exact) mass is 449 g/mol. The fourth-order valence-corrected chi connectivity index (χ4v) is 2.77. The average molecular weight is 450 g/mol. The van der Waals surface area contributed by atoms with Crippen molar-refractivity contribution in [1.82, 2.24) is 15.5 Å². The zero-order valence-electron chi connectivity index (χ0n) is 14.0. The predicted octanol–water partition coefficient (Wildman–Crippen LogP) is 4.84. The van der Waals surface area contributed by atoms with Crippen LogP contribution in [0.4, 0.5) is 17.6 Å². The Hall–Kier alpha value is -2.85. The molecule has 2 N–H and O–H groups in total. The summed E-state index contributed by atoms with van der Waals surface area (Å²) in [4.78, 5) is 16.0. The number of phenols is 1.